The minimum atomic E-state index is -0.451. The Morgan fingerprint density at radius 3 is 2.50 bits per heavy atom. The maximum absolute atomic E-state index is 9.88. The number of nitrogens with two attached hydrogens (primary N) is 1. The number of phenolic OH excluding ortho intramolecular Hbond substituents is 1. The summed E-state index contributed by atoms with van der Waals surface area (Å²) < 4.78 is 5.65. The summed E-state index contributed by atoms with van der Waals surface area (Å²) in [5, 5.41) is 23.9. The molecule has 5 nitrogen and oxygen atoms in total. The van der Waals surface area contributed by atoms with Crippen molar-refractivity contribution in [1.82, 2.24) is 5.16 Å². The molecule has 1 aliphatic carbocycles. The molecule has 0 bridgehead atoms. The van der Waals surface area contributed by atoms with Gasteiger partial charge in [0.05, 0.1) is 29.2 Å². The third-order valence-electron chi connectivity index (χ3n) is 4.85. The molecule has 2 atom stereocenters. The predicted octanol–water partition coefficient (Wildman–Crippen LogP) is 3.70. The summed E-state index contributed by atoms with van der Waals surface area (Å²) in [5.74, 6) is -0.000785. The Hall–Kier alpha value is -3.52. The summed E-state index contributed by atoms with van der Waals surface area (Å²) in [6.45, 7) is 1.87. The summed E-state index contributed by atoms with van der Waals surface area (Å²) in [4.78, 5) is 0. The van der Waals surface area contributed by atoms with Crippen LogP contribution in [0.15, 0.2) is 70.4 Å². The Kier molecular flexibility index (Phi) is 3.74. The molecule has 1 aliphatic rings. The van der Waals surface area contributed by atoms with Crippen molar-refractivity contribution in [1.29, 1.82) is 5.26 Å². The van der Waals surface area contributed by atoms with E-state index in [9.17, 15) is 10.4 Å². The Bertz CT molecular complexity index is 1040. The van der Waals surface area contributed by atoms with Gasteiger partial charge in [-0.05, 0) is 30.2 Å². The van der Waals surface area contributed by atoms with E-state index in [1.54, 1.807) is 18.2 Å². The van der Waals surface area contributed by atoms with Gasteiger partial charge in [0.25, 0.3) is 0 Å². The Morgan fingerprint density at radius 2 is 1.81 bits per heavy atom. The van der Waals surface area contributed by atoms with Crippen LogP contribution in [0.4, 0.5) is 0 Å². The van der Waals surface area contributed by atoms with Crippen molar-refractivity contribution in [2.75, 3.05) is 0 Å². The molecule has 0 unspecified atom stereocenters. The third kappa shape index (κ3) is 2.35. The van der Waals surface area contributed by atoms with Gasteiger partial charge < -0.3 is 15.4 Å². The van der Waals surface area contributed by atoms with E-state index in [1.165, 1.54) is 0 Å². The predicted molar refractivity (Wildman–Crippen MR) is 96.3 cm³/mol. The van der Waals surface area contributed by atoms with Crippen LogP contribution in [0.1, 0.15) is 40.0 Å². The molecule has 4 rings (SSSR count). The number of aryl methyl sites for hydroxylation is 1. The van der Waals surface area contributed by atoms with Gasteiger partial charge in [0, 0.05) is 11.3 Å². The molecule has 1 aromatic heterocycles. The monoisotopic (exact) mass is 343 g/mol. The molecule has 1 heterocycles. The van der Waals surface area contributed by atoms with Crippen LogP contribution in [0.2, 0.25) is 0 Å². The molecule has 0 spiro atoms. The minimum Gasteiger partial charge on any atom is -0.508 e. The van der Waals surface area contributed by atoms with E-state index in [1.807, 2.05) is 43.3 Å². The van der Waals surface area contributed by atoms with Crippen molar-refractivity contribution in [2.45, 2.75) is 18.8 Å². The van der Waals surface area contributed by atoms with Crippen molar-refractivity contribution in [3.05, 3.63) is 94.0 Å². The summed E-state index contributed by atoms with van der Waals surface area (Å²) in [6.07, 6.45) is 0. The molecule has 26 heavy (non-hydrogen) atoms. The lowest BCUT2D eigenvalue weighted by Gasteiger charge is -2.29. The zero-order chi connectivity index (χ0) is 18.3. The second kappa shape index (κ2) is 6.08. The smallest absolute Gasteiger partial charge is 0.154 e. The van der Waals surface area contributed by atoms with Crippen molar-refractivity contribution >= 4 is 0 Å². The standard InChI is InChI=1S/C21H17N3O2/c1-12-17-18(13-6-3-2-4-7-13)16(11-22)20(23)19(21(17)26-24-12)14-8-5-9-15(25)10-14/h2-10,18-19,25H,23H2,1H3/t18-,19-/m1/s1. The highest BCUT2D eigenvalue weighted by Crippen LogP contribution is 2.48. The van der Waals surface area contributed by atoms with Crippen LogP contribution < -0.4 is 5.73 Å². The van der Waals surface area contributed by atoms with E-state index in [2.05, 4.69) is 11.2 Å². The molecule has 0 radical (unpaired) electrons. The van der Waals surface area contributed by atoms with Gasteiger partial charge in [0.2, 0.25) is 0 Å². The average Bonchev–Trinajstić information content (AvgIpc) is 3.02. The number of fused-ring (bicyclic) bond motifs is 1. The van der Waals surface area contributed by atoms with E-state index < -0.39 is 5.92 Å². The quantitative estimate of drug-likeness (QED) is 0.739. The van der Waals surface area contributed by atoms with Crippen LogP contribution >= 0.6 is 0 Å². The molecule has 0 saturated heterocycles. The third-order valence-corrected chi connectivity index (χ3v) is 4.85. The summed E-state index contributed by atoms with van der Waals surface area (Å²) in [5.41, 5.74) is 10.7. The molecule has 0 saturated carbocycles. The zero-order valence-corrected chi connectivity index (χ0v) is 14.2. The van der Waals surface area contributed by atoms with Gasteiger partial charge in [-0.1, -0.05) is 47.6 Å². The average molecular weight is 343 g/mol. The fraction of sp³-hybridized carbons (Fsp3) is 0.143. The van der Waals surface area contributed by atoms with Crippen LogP contribution in [-0.2, 0) is 0 Å². The van der Waals surface area contributed by atoms with Gasteiger partial charge in [-0.25, -0.2) is 0 Å². The maximum atomic E-state index is 9.88. The highest BCUT2D eigenvalue weighted by Gasteiger charge is 2.40. The van der Waals surface area contributed by atoms with E-state index in [4.69, 9.17) is 10.3 Å². The van der Waals surface area contributed by atoms with Crippen molar-refractivity contribution in [3.8, 4) is 11.8 Å². The summed E-state index contributed by atoms with van der Waals surface area (Å²) in [6, 6.07) is 18.9. The molecule has 5 heteroatoms. The number of phenols is 1. The second-order valence-electron chi connectivity index (χ2n) is 6.40. The lowest BCUT2D eigenvalue weighted by Crippen LogP contribution is -2.24. The number of allylic oxidation sites excluding steroid dienone is 2. The van der Waals surface area contributed by atoms with Gasteiger partial charge >= 0.3 is 0 Å². The highest BCUT2D eigenvalue weighted by molar-refractivity contribution is 5.59. The number of nitrogens with zero attached hydrogens (tertiary/aromatic N) is 2. The lowest BCUT2D eigenvalue weighted by atomic mass is 9.73. The number of hydrogen-bond donors (Lipinski definition) is 2. The molecule has 0 amide bonds. The first kappa shape index (κ1) is 16.0. The van der Waals surface area contributed by atoms with Gasteiger partial charge in [0.1, 0.15) is 5.75 Å². The summed E-state index contributed by atoms with van der Waals surface area (Å²) >= 11 is 0. The van der Waals surface area contributed by atoms with Gasteiger partial charge in [0.15, 0.2) is 5.76 Å². The van der Waals surface area contributed by atoms with Crippen molar-refractivity contribution in [2.24, 2.45) is 5.73 Å². The fourth-order valence-electron chi connectivity index (χ4n) is 3.70. The molecule has 128 valence electrons. The van der Waals surface area contributed by atoms with Crippen molar-refractivity contribution < 1.29 is 9.63 Å². The Labute approximate surface area is 151 Å². The second-order valence-corrected chi connectivity index (χ2v) is 6.40. The molecule has 0 fully saturated rings. The van der Waals surface area contributed by atoms with Crippen LogP contribution in [0.25, 0.3) is 0 Å². The number of nitriles is 1. The lowest BCUT2D eigenvalue weighted by molar-refractivity contribution is 0.371. The molecule has 3 N–H and O–H groups in total. The number of aromatic hydroxyl groups is 1. The first-order chi connectivity index (χ1) is 12.6. The van der Waals surface area contributed by atoms with Gasteiger partial charge in [-0.2, -0.15) is 5.26 Å². The normalized spacial score (nSPS) is 19.1. The maximum Gasteiger partial charge on any atom is 0.154 e. The number of hydrogen-bond acceptors (Lipinski definition) is 5. The number of benzene rings is 2. The fourth-order valence-corrected chi connectivity index (χ4v) is 3.70. The van der Waals surface area contributed by atoms with Crippen molar-refractivity contribution in [3.63, 3.8) is 0 Å². The van der Waals surface area contributed by atoms with Crippen LogP contribution in [0, 0.1) is 18.3 Å². The molecular weight excluding hydrogens is 326 g/mol. The number of rotatable bonds is 2. The van der Waals surface area contributed by atoms with Crippen LogP contribution in [0.3, 0.4) is 0 Å². The Morgan fingerprint density at radius 1 is 1.08 bits per heavy atom. The largest absolute Gasteiger partial charge is 0.508 e. The molecule has 3 aromatic rings. The number of aromatic nitrogens is 1. The van der Waals surface area contributed by atoms with Gasteiger partial charge in [-0.3, -0.25) is 0 Å². The summed E-state index contributed by atoms with van der Waals surface area (Å²) in [7, 11) is 0. The van der Waals surface area contributed by atoms with E-state index in [-0.39, 0.29) is 11.7 Å². The van der Waals surface area contributed by atoms with E-state index in [0.29, 0.717) is 17.0 Å². The van der Waals surface area contributed by atoms with Crippen LogP contribution in [-0.4, -0.2) is 10.3 Å². The molecular formula is C21H17N3O2. The highest BCUT2D eigenvalue weighted by atomic mass is 16.5. The van der Waals surface area contributed by atoms with E-state index >= 15 is 0 Å². The van der Waals surface area contributed by atoms with Crippen LogP contribution in [0.5, 0.6) is 5.75 Å². The Balaban J connectivity index is 1.99. The SMILES string of the molecule is Cc1noc2c1[C@H](c1ccccc1)C(C#N)=C(N)[C@H]2c1cccc(O)c1. The first-order valence-electron chi connectivity index (χ1n) is 8.31. The first-order valence-corrected chi connectivity index (χ1v) is 8.31. The topological polar surface area (TPSA) is 96.1 Å². The van der Waals surface area contributed by atoms with E-state index in [0.717, 1.165) is 22.4 Å². The zero-order valence-electron chi connectivity index (χ0n) is 14.2. The molecule has 0 aliphatic heterocycles. The van der Waals surface area contributed by atoms with Gasteiger partial charge in [-0.15, -0.1) is 0 Å². The minimum absolute atomic E-state index is 0.136. The molecule has 2 aromatic carbocycles.